The summed E-state index contributed by atoms with van der Waals surface area (Å²) in [7, 11) is 0. The maximum Gasteiger partial charge on any atom is 0.261 e. The second-order valence-corrected chi connectivity index (χ2v) is 7.96. The molecule has 0 spiro atoms. The van der Waals surface area contributed by atoms with Crippen molar-refractivity contribution in [1.29, 1.82) is 0 Å². The van der Waals surface area contributed by atoms with Crippen LogP contribution in [0.25, 0.3) is 38.8 Å². The van der Waals surface area contributed by atoms with Crippen molar-refractivity contribution in [2.24, 2.45) is 0 Å². The van der Waals surface area contributed by atoms with Crippen LogP contribution in [-0.4, -0.2) is 33.2 Å². The second-order valence-electron chi connectivity index (χ2n) is 7.96. The fourth-order valence-corrected chi connectivity index (χ4v) is 4.47. The Kier molecular flexibility index (Phi) is 4.08. The Morgan fingerprint density at radius 2 is 1.53 bits per heavy atom. The molecule has 2 aromatic heterocycles. The predicted octanol–water partition coefficient (Wildman–Crippen LogP) is 5.38. The van der Waals surface area contributed by atoms with Crippen molar-refractivity contribution in [1.82, 2.24) is 14.9 Å². The highest BCUT2D eigenvalue weighted by Gasteiger charge is 2.31. The third kappa shape index (κ3) is 2.87. The number of imide groups is 1. The molecule has 32 heavy (non-hydrogen) atoms. The normalized spacial score (nSPS) is 13.8. The van der Waals surface area contributed by atoms with Crippen molar-refractivity contribution in [3.8, 4) is 11.4 Å². The summed E-state index contributed by atoms with van der Waals surface area (Å²) in [6.45, 7) is 0.238. The van der Waals surface area contributed by atoms with Crippen molar-refractivity contribution >= 4 is 39.2 Å². The molecule has 1 aliphatic heterocycles. The number of fused-ring (bicyclic) bond motifs is 2. The van der Waals surface area contributed by atoms with Crippen molar-refractivity contribution in [3.05, 3.63) is 102 Å². The molecule has 0 saturated heterocycles. The van der Waals surface area contributed by atoms with Gasteiger partial charge < -0.3 is 9.97 Å². The first-order valence-corrected chi connectivity index (χ1v) is 10.5. The van der Waals surface area contributed by atoms with E-state index in [1.165, 1.54) is 4.90 Å². The van der Waals surface area contributed by atoms with Gasteiger partial charge in [0, 0.05) is 39.0 Å². The van der Waals surface area contributed by atoms with Crippen LogP contribution in [0.2, 0.25) is 0 Å². The monoisotopic (exact) mass is 417 g/mol. The van der Waals surface area contributed by atoms with E-state index in [1.54, 1.807) is 30.3 Å². The van der Waals surface area contributed by atoms with Crippen molar-refractivity contribution < 1.29 is 9.59 Å². The zero-order valence-electron chi connectivity index (χ0n) is 17.1. The topological polar surface area (TPSA) is 69.0 Å². The summed E-state index contributed by atoms with van der Waals surface area (Å²) in [5.41, 5.74) is 6.16. The Morgan fingerprint density at radius 3 is 2.34 bits per heavy atom. The highest BCUT2D eigenvalue weighted by Crippen LogP contribution is 2.38. The van der Waals surface area contributed by atoms with Crippen LogP contribution in [0, 0.1) is 0 Å². The van der Waals surface area contributed by atoms with E-state index in [1.807, 2.05) is 48.5 Å². The molecule has 0 atom stereocenters. The standard InChI is InChI=1S/C27H19N3O2/c31-24-15-19(16-30(24)27(32)17-8-2-1-3-9-17)25-20-11-5-7-13-22(20)29-26(25)23-14-18-10-4-6-12-21(18)28-23/h1-15,28-29H,16H2. The number of nitrogens with one attached hydrogen (secondary N) is 2. The minimum Gasteiger partial charge on any atom is -0.353 e. The Hall–Kier alpha value is -4.38. The summed E-state index contributed by atoms with van der Waals surface area (Å²) in [5.74, 6) is -0.574. The van der Waals surface area contributed by atoms with Crippen LogP contribution in [0.5, 0.6) is 0 Å². The summed E-state index contributed by atoms with van der Waals surface area (Å²) >= 11 is 0. The van der Waals surface area contributed by atoms with Crippen LogP contribution in [0.4, 0.5) is 0 Å². The Balaban J connectivity index is 1.46. The number of H-pyrrole nitrogens is 2. The summed E-state index contributed by atoms with van der Waals surface area (Å²) in [6.07, 6.45) is 1.59. The molecule has 5 heteroatoms. The van der Waals surface area contributed by atoms with Gasteiger partial charge in [-0.3, -0.25) is 14.5 Å². The number of para-hydroxylation sites is 2. The third-order valence-electron chi connectivity index (χ3n) is 5.98. The molecule has 154 valence electrons. The van der Waals surface area contributed by atoms with Gasteiger partial charge >= 0.3 is 0 Å². The van der Waals surface area contributed by atoms with Crippen LogP contribution in [0.1, 0.15) is 15.9 Å². The van der Waals surface area contributed by atoms with Gasteiger partial charge in [0.2, 0.25) is 0 Å². The number of nitrogens with zero attached hydrogens (tertiary/aromatic N) is 1. The van der Waals surface area contributed by atoms with E-state index >= 15 is 0 Å². The van der Waals surface area contributed by atoms with Gasteiger partial charge in [0.25, 0.3) is 11.8 Å². The number of rotatable bonds is 3. The molecule has 0 aliphatic carbocycles. The van der Waals surface area contributed by atoms with Crippen molar-refractivity contribution in [2.75, 3.05) is 6.54 Å². The number of carbonyl (C=O) groups is 2. The van der Waals surface area contributed by atoms with Gasteiger partial charge in [-0.15, -0.1) is 0 Å². The minimum absolute atomic E-state index is 0.238. The van der Waals surface area contributed by atoms with E-state index < -0.39 is 0 Å². The minimum atomic E-state index is -0.290. The molecule has 3 aromatic carbocycles. The lowest BCUT2D eigenvalue weighted by Gasteiger charge is -2.15. The fourth-order valence-electron chi connectivity index (χ4n) is 4.47. The fraction of sp³-hybridized carbons (Fsp3) is 0.0370. The lowest BCUT2D eigenvalue weighted by Crippen LogP contribution is -2.32. The number of carbonyl (C=O) groups excluding carboxylic acids is 2. The highest BCUT2D eigenvalue weighted by molar-refractivity contribution is 6.16. The van der Waals surface area contributed by atoms with Gasteiger partial charge in [-0.25, -0.2) is 0 Å². The van der Waals surface area contributed by atoms with E-state index in [4.69, 9.17) is 0 Å². The largest absolute Gasteiger partial charge is 0.353 e. The van der Waals surface area contributed by atoms with Crippen LogP contribution >= 0.6 is 0 Å². The summed E-state index contributed by atoms with van der Waals surface area (Å²) < 4.78 is 0. The molecular formula is C27H19N3O2. The quantitative estimate of drug-likeness (QED) is 0.387. The summed E-state index contributed by atoms with van der Waals surface area (Å²) in [6, 6.07) is 27.2. The van der Waals surface area contributed by atoms with Gasteiger partial charge in [-0.05, 0) is 35.9 Å². The predicted molar refractivity (Wildman–Crippen MR) is 126 cm³/mol. The lowest BCUT2D eigenvalue weighted by atomic mass is 10.0. The molecule has 3 heterocycles. The first-order valence-electron chi connectivity index (χ1n) is 10.5. The van der Waals surface area contributed by atoms with Crippen molar-refractivity contribution in [3.63, 3.8) is 0 Å². The molecule has 5 nitrogen and oxygen atoms in total. The molecule has 2 amide bonds. The zero-order chi connectivity index (χ0) is 21.7. The number of benzene rings is 3. The van der Waals surface area contributed by atoms with Crippen LogP contribution in [0.15, 0.2) is 91.0 Å². The molecule has 5 aromatic rings. The van der Waals surface area contributed by atoms with Crippen LogP contribution in [0.3, 0.4) is 0 Å². The highest BCUT2D eigenvalue weighted by atomic mass is 16.2. The van der Waals surface area contributed by atoms with Crippen LogP contribution in [-0.2, 0) is 4.79 Å². The molecule has 0 radical (unpaired) electrons. The van der Waals surface area contributed by atoms with E-state index in [2.05, 4.69) is 22.1 Å². The van der Waals surface area contributed by atoms with Gasteiger partial charge in [-0.1, -0.05) is 54.6 Å². The summed E-state index contributed by atoms with van der Waals surface area (Å²) in [4.78, 5) is 34.1. The average Bonchev–Trinajstić information content (AvgIpc) is 3.53. The first-order chi connectivity index (χ1) is 15.7. The number of aromatic nitrogens is 2. The van der Waals surface area contributed by atoms with E-state index in [9.17, 15) is 9.59 Å². The molecule has 6 rings (SSSR count). The molecule has 2 N–H and O–H groups in total. The smallest absolute Gasteiger partial charge is 0.261 e. The zero-order valence-corrected chi connectivity index (χ0v) is 17.1. The molecule has 0 unspecified atom stereocenters. The number of hydrogen-bond donors (Lipinski definition) is 2. The maximum absolute atomic E-state index is 13.0. The van der Waals surface area contributed by atoms with Gasteiger partial charge in [-0.2, -0.15) is 0 Å². The molecule has 0 fully saturated rings. The van der Waals surface area contributed by atoms with Gasteiger partial charge in [0.05, 0.1) is 17.9 Å². The van der Waals surface area contributed by atoms with E-state index in [0.717, 1.165) is 44.3 Å². The summed E-state index contributed by atoms with van der Waals surface area (Å²) in [5, 5.41) is 2.14. The molecule has 1 aliphatic rings. The molecule has 0 bridgehead atoms. The number of hydrogen-bond acceptors (Lipinski definition) is 2. The van der Waals surface area contributed by atoms with Gasteiger partial charge in [0.1, 0.15) is 0 Å². The van der Waals surface area contributed by atoms with E-state index in [0.29, 0.717) is 5.56 Å². The average molecular weight is 417 g/mol. The Labute approximate surface area is 184 Å². The first kappa shape index (κ1) is 18.4. The van der Waals surface area contributed by atoms with Crippen LogP contribution < -0.4 is 0 Å². The molecule has 0 saturated carbocycles. The van der Waals surface area contributed by atoms with Crippen molar-refractivity contribution in [2.45, 2.75) is 0 Å². The van der Waals surface area contributed by atoms with Gasteiger partial charge in [0.15, 0.2) is 0 Å². The third-order valence-corrected chi connectivity index (χ3v) is 5.98. The van der Waals surface area contributed by atoms with E-state index in [-0.39, 0.29) is 18.4 Å². The molecular weight excluding hydrogens is 398 g/mol. The maximum atomic E-state index is 13.0. The number of amides is 2. The number of aromatic amines is 2. The second kappa shape index (κ2) is 7.10. The Bertz CT molecular complexity index is 1510. The Morgan fingerprint density at radius 1 is 0.812 bits per heavy atom. The SMILES string of the molecule is O=C1C=C(c2c(-c3cc4ccccc4[nH]3)[nH]c3ccccc23)CN1C(=O)c1ccccc1. The lowest BCUT2D eigenvalue weighted by molar-refractivity contribution is -0.122.